The predicted octanol–water partition coefficient (Wildman–Crippen LogP) is 2.56. The van der Waals surface area contributed by atoms with E-state index in [9.17, 15) is 0 Å². The van der Waals surface area contributed by atoms with E-state index in [0.717, 1.165) is 13.0 Å². The van der Waals surface area contributed by atoms with E-state index in [1.807, 2.05) is 6.92 Å². The molecule has 0 radical (unpaired) electrons. The van der Waals surface area contributed by atoms with Crippen molar-refractivity contribution >= 4 is 0 Å². The predicted molar refractivity (Wildman–Crippen MR) is 57.0 cm³/mol. The van der Waals surface area contributed by atoms with E-state index in [4.69, 9.17) is 10.5 Å². The molecule has 76 valence electrons. The molecule has 2 unspecified atom stereocenters. The molecule has 2 atom stereocenters. The molecular formula is C12H17NO. The van der Waals surface area contributed by atoms with Crippen LogP contribution in [0.15, 0.2) is 24.3 Å². The lowest BCUT2D eigenvalue weighted by Crippen LogP contribution is -2.05. The van der Waals surface area contributed by atoms with Gasteiger partial charge in [0.25, 0.3) is 0 Å². The second kappa shape index (κ2) is 4.11. The topological polar surface area (TPSA) is 35.2 Å². The van der Waals surface area contributed by atoms with Crippen LogP contribution in [0.2, 0.25) is 0 Å². The molecule has 2 rings (SSSR count). The van der Waals surface area contributed by atoms with E-state index in [0.29, 0.717) is 6.10 Å². The summed E-state index contributed by atoms with van der Waals surface area (Å²) in [5.74, 6) is 0. The first kappa shape index (κ1) is 9.69. The molecule has 1 saturated heterocycles. The van der Waals surface area contributed by atoms with Crippen LogP contribution in [0, 0.1) is 0 Å². The second-order valence-electron chi connectivity index (χ2n) is 3.96. The first-order valence-electron chi connectivity index (χ1n) is 5.24. The standard InChI is InChI=1S/C12H17NO/c1-9(13)10-4-6-11(7-5-10)12-3-2-8-14-12/h4-7,9,12H,2-3,8,13H2,1H3. The minimum absolute atomic E-state index is 0.119. The number of benzene rings is 1. The lowest BCUT2D eigenvalue weighted by Gasteiger charge is -2.11. The highest BCUT2D eigenvalue weighted by Gasteiger charge is 2.17. The Labute approximate surface area is 85.1 Å². The summed E-state index contributed by atoms with van der Waals surface area (Å²) in [5, 5.41) is 0. The van der Waals surface area contributed by atoms with E-state index in [1.54, 1.807) is 0 Å². The average Bonchev–Trinajstić information content (AvgIpc) is 2.71. The minimum atomic E-state index is 0.119. The highest BCUT2D eigenvalue weighted by molar-refractivity contribution is 5.26. The molecule has 1 aromatic carbocycles. The average molecular weight is 191 g/mol. The molecule has 1 aliphatic rings. The first-order valence-corrected chi connectivity index (χ1v) is 5.24. The number of ether oxygens (including phenoxy) is 1. The van der Waals surface area contributed by atoms with Crippen molar-refractivity contribution in [1.82, 2.24) is 0 Å². The summed E-state index contributed by atoms with van der Waals surface area (Å²) < 4.78 is 5.61. The molecule has 0 spiro atoms. The smallest absolute Gasteiger partial charge is 0.0825 e. The van der Waals surface area contributed by atoms with Crippen molar-refractivity contribution in [2.24, 2.45) is 5.73 Å². The maximum Gasteiger partial charge on any atom is 0.0825 e. The van der Waals surface area contributed by atoms with E-state index in [-0.39, 0.29) is 6.04 Å². The maximum absolute atomic E-state index is 5.79. The van der Waals surface area contributed by atoms with E-state index < -0.39 is 0 Å². The molecule has 2 heteroatoms. The van der Waals surface area contributed by atoms with E-state index in [2.05, 4.69) is 24.3 Å². The summed E-state index contributed by atoms with van der Waals surface area (Å²) in [4.78, 5) is 0. The monoisotopic (exact) mass is 191 g/mol. The molecule has 1 aromatic rings. The highest BCUT2D eigenvalue weighted by Crippen LogP contribution is 2.28. The van der Waals surface area contributed by atoms with Gasteiger partial charge in [-0.2, -0.15) is 0 Å². The van der Waals surface area contributed by atoms with Gasteiger partial charge < -0.3 is 10.5 Å². The van der Waals surface area contributed by atoms with Crippen molar-refractivity contribution in [2.45, 2.75) is 31.9 Å². The zero-order valence-electron chi connectivity index (χ0n) is 8.57. The van der Waals surface area contributed by atoms with Gasteiger partial charge in [0.15, 0.2) is 0 Å². The number of hydrogen-bond acceptors (Lipinski definition) is 2. The van der Waals surface area contributed by atoms with Crippen molar-refractivity contribution in [2.75, 3.05) is 6.61 Å². The molecule has 0 bridgehead atoms. The third kappa shape index (κ3) is 1.97. The molecule has 1 aliphatic heterocycles. The molecule has 2 nitrogen and oxygen atoms in total. The largest absolute Gasteiger partial charge is 0.374 e. The Morgan fingerprint density at radius 2 is 2.07 bits per heavy atom. The highest BCUT2D eigenvalue weighted by atomic mass is 16.5. The van der Waals surface area contributed by atoms with Crippen LogP contribution in [0.25, 0.3) is 0 Å². The first-order chi connectivity index (χ1) is 6.77. The zero-order chi connectivity index (χ0) is 9.97. The summed E-state index contributed by atoms with van der Waals surface area (Å²) in [7, 11) is 0. The SMILES string of the molecule is CC(N)c1ccc(C2CCCO2)cc1. The molecule has 0 amide bonds. The van der Waals surface area contributed by atoms with Crippen LogP contribution in [0.1, 0.15) is 43.0 Å². The number of hydrogen-bond donors (Lipinski definition) is 1. The lowest BCUT2D eigenvalue weighted by atomic mass is 10.0. The molecule has 14 heavy (non-hydrogen) atoms. The van der Waals surface area contributed by atoms with Crippen LogP contribution < -0.4 is 5.73 Å². The van der Waals surface area contributed by atoms with Crippen molar-refractivity contribution in [1.29, 1.82) is 0 Å². The minimum Gasteiger partial charge on any atom is -0.374 e. The molecule has 1 heterocycles. The fourth-order valence-electron chi connectivity index (χ4n) is 1.85. The van der Waals surface area contributed by atoms with Gasteiger partial charge in [-0.1, -0.05) is 24.3 Å². The molecular weight excluding hydrogens is 174 g/mol. The van der Waals surface area contributed by atoms with Crippen molar-refractivity contribution < 1.29 is 4.74 Å². The quantitative estimate of drug-likeness (QED) is 0.779. The molecule has 2 N–H and O–H groups in total. The summed E-state index contributed by atoms with van der Waals surface area (Å²) in [6.07, 6.45) is 2.65. The fraction of sp³-hybridized carbons (Fsp3) is 0.500. The van der Waals surface area contributed by atoms with Gasteiger partial charge in [0.1, 0.15) is 0 Å². The van der Waals surface area contributed by atoms with Crippen LogP contribution in [0.5, 0.6) is 0 Å². The maximum atomic E-state index is 5.79. The Balaban J connectivity index is 2.12. The number of nitrogens with two attached hydrogens (primary N) is 1. The van der Waals surface area contributed by atoms with Crippen LogP contribution in [0.3, 0.4) is 0 Å². The lowest BCUT2D eigenvalue weighted by molar-refractivity contribution is 0.112. The van der Waals surface area contributed by atoms with E-state index in [1.165, 1.54) is 17.5 Å². The third-order valence-corrected chi connectivity index (χ3v) is 2.76. The normalized spacial score (nSPS) is 23.7. The van der Waals surface area contributed by atoms with Crippen molar-refractivity contribution in [3.8, 4) is 0 Å². The van der Waals surface area contributed by atoms with E-state index >= 15 is 0 Å². The van der Waals surface area contributed by atoms with Gasteiger partial charge in [0.2, 0.25) is 0 Å². The van der Waals surface area contributed by atoms with Crippen molar-refractivity contribution in [3.63, 3.8) is 0 Å². The van der Waals surface area contributed by atoms with Gasteiger partial charge in [-0.25, -0.2) is 0 Å². The van der Waals surface area contributed by atoms with Gasteiger partial charge >= 0.3 is 0 Å². The van der Waals surface area contributed by atoms with Gasteiger partial charge in [0.05, 0.1) is 6.10 Å². The summed E-state index contributed by atoms with van der Waals surface area (Å²) in [6.45, 7) is 2.90. The molecule has 0 aliphatic carbocycles. The van der Waals surface area contributed by atoms with Gasteiger partial charge in [0, 0.05) is 12.6 Å². The molecule has 0 saturated carbocycles. The van der Waals surface area contributed by atoms with Crippen LogP contribution in [-0.2, 0) is 4.74 Å². The van der Waals surface area contributed by atoms with Crippen molar-refractivity contribution in [3.05, 3.63) is 35.4 Å². The molecule has 1 fully saturated rings. The van der Waals surface area contributed by atoms with Gasteiger partial charge in [-0.3, -0.25) is 0 Å². The summed E-state index contributed by atoms with van der Waals surface area (Å²) in [6, 6.07) is 8.58. The Hall–Kier alpha value is -0.860. The molecule has 0 aromatic heterocycles. The Morgan fingerprint density at radius 1 is 1.36 bits per heavy atom. The zero-order valence-corrected chi connectivity index (χ0v) is 8.57. The van der Waals surface area contributed by atoms with Gasteiger partial charge in [-0.15, -0.1) is 0 Å². The Bertz CT molecular complexity index is 286. The Kier molecular flexibility index (Phi) is 2.85. The van der Waals surface area contributed by atoms with Gasteiger partial charge in [-0.05, 0) is 30.9 Å². The summed E-state index contributed by atoms with van der Waals surface area (Å²) >= 11 is 0. The summed E-state index contributed by atoms with van der Waals surface area (Å²) in [5.41, 5.74) is 8.26. The van der Waals surface area contributed by atoms with Crippen LogP contribution in [0.4, 0.5) is 0 Å². The van der Waals surface area contributed by atoms with Crippen LogP contribution in [-0.4, -0.2) is 6.61 Å². The number of rotatable bonds is 2. The second-order valence-corrected chi connectivity index (χ2v) is 3.96. The Morgan fingerprint density at radius 3 is 2.57 bits per heavy atom. The third-order valence-electron chi connectivity index (χ3n) is 2.76. The van der Waals surface area contributed by atoms with Crippen LogP contribution >= 0.6 is 0 Å². The fourth-order valence-corrected chi connectivity index (χ4v) is 1.85.